The topological polar surface area (TPSA) is 68.3 Å². The molecule has 0 saturated carbocycles. The van der Waals surface area contributed by atoms with E-state index in [0.29, 0.717) is 0 Å². The molecule has 3 rings (SSSR count). The van der Waals surface area contributed by atoms with Crippen molar-refractivity contribution in [2.75, 3.05) is 11.9 Å². The number of para-hydroxylation sites is 2. The maximum absolute atomic E-state index is 12.1. The van der Waals surface area contributed by atoms with E-state index >= 15 is 0 Å². The molecule has 1 aromatic heterocycles. The van der Waals surface area contributed by atoms with E-state index in [1.807, 2.05) is 54.6 Å². The number of amides is 1. The molecule has 2 aromatic carbocycles. The van der Waals surface area contributed by atoms with E-state index in [1.54, 1.807) is 12.3 Å². The van der Waals surface area contributed by atoms with E-state index in [0.717, 1.165) is 27.7 Å². The van der Waals surface area contributed by atoms with Gasteiger partial charge in [0.2, 0.25) is 0 Å². The first kappa shape index (κ1) is 19.3. The molecule has 0 aliphatic carbocycles. The predicted molar refractivity (Wildman–Crippen MR) is 111 cm³/mol. The van der Waals surface area contributed by atoms with Crippen LogP contribution in [0.4, 0.5) is 5.69 Å². The monoisotopic (exact) mass is 374 g/mol. The highest BCUT2D eigenvalue weighted by atomic mass is 16.5. The molecule has 0 radical (unpaired) electrons. The van der Waals surface area contributed by atoms with E-state index in [2.05, 4.69) is 24.1 Å². The van der Waals surface area contributed by atoms with Crippen molar-refractivity contribution >= 4 is 34.5 Å². The zero-order valence-corrected chi connectivity index (χ0v) is 15.9. The predicted octanol–water partition coefficient (Wildman–Crippen LogP) is 4.55. The molecule has 1 heterocycles. The number of esters is 1. The first-order valence-electron chi connectivity index (χ1n) is 9.12. The Balaban J connectivity index is 1.58. The van der Waals surface area contributed by atoms with Gasteiger partial charge in [0.05, 0.1) is 5.52 Å². The Morgan fingerprint density at radius 3 is 2.68 bits per heavy atom. The fourth-order valence-electron chi connectivity index (χ4n) is 2.91. The quantitative estimate of drug-likeness (QED) is 0.507. The van der Waals surface area contributed by atoms with Gasteiger partial charge in [-0.15, -0.1) is 0 Å². The van der Waals surface area contributed by atoms with Crippen molar-refractivity contribution in [1.29, 1.82) is 0 Å². The zero-order chi connectivity index (χ0) is 19.9. The molecular weight excluding hydrogens is 352 g/mol. The lowest BCUT2D eigenvalue weighted by Gasteiger charge is -2.13. The molecule has 0 atom stereocenters. The summed E-state index contributed by atoms with van der Waals surface area (Å²) in [5.41, 5.74) is 3.38. The molecule has 5 heteroatoms. The molecule has 142 valence electrons. The van der Waals surface area contributed by atoms with Crippen LogP contribution in [0.15, 0.2) is 66.9 Å². The van der Waals surface area contributed by atoms with Crippen molar-refractivity contribution in [3.8, 4) is 0 Å². The van der Waals surface area contributed by atoms with Crippen molar-refractivity contribution in [2.24, 2.45) is 0 Å². The van der Waals surface area contributed by atoms with E-state index in [4.69, 9.17) is 4.74 Å². The summed E-state index contributed by atoms with van der Waals surface area (Å²) in [6.07, 6.45) is 4.65. The van der Waals surface area contributed by atoms with Crippen LogP contribution in [0.1, 0.15) is 30.9 Å². The van der Waals surface area contributed by atoms with Crippen LogP contribution < -0.4 is 5.32 Å². The summed E-state index contributed by atoms with van der Waals surface area (Å²) >= 11 is 0. The summed E-state index contributed by atoms with van der Waals surface area (Å²) in [7, 11) is 0. The summed E-state index contributed by atoms with van der Waals surface area (Å²) < 4.78 is 5.05. The highest BCUT2D eigenvalue weighted by Gasteiger charge is 2.10. The Labute approximate surface area is 164 Å². The van der Waals surface area contributed by atoms with Crippen LogP contribution in [0.3, 0.4) is 0 Å². The van der Waals surface area contributed by atoms with Gasteiger partial charge in [-0.3, -0.25) is 9.78 Å². The van der Waals surface area contributed by atoms with Gasteiger partial charge in [0.25, 0.3) is 5.91 Å². The molecule has 28 heavy (non-hydrogen) atoms. The van der Waals surface area contributed by atoms with Crippen molar-refractivity contribution < 1.29 is 14.3 Å². The van der Waals surface area contributed by atoms with Crippen LogP contribution in [0.5, 0.6) is 0 Å². The Morgan fingerprint density at radius 1 is 1.07 bits per heavy atom. The van der Waals surface area contributed by atoms with Crippen LogP contribution in [0, 0.1) is 0 Å². The van der Waals surface area contributed by atoms with Gasteiger partial charge in [-0.05, 0) is 29.7 Å². The molecule has 0 unspecified atom stereocenters. The number of nitrogens with one attached hydrogen (secondary N) is 1. The third kappa shape index (κ3) is 4.82. The first-order valence-corrected chi connectivity index (χ1v) is 9.12. The number of fused-ring (bicyclic) bond motifs is 1. The number of aromatic nitrogens is 1. The van der Waals surface area contributed by atoms with E-state index in [-0.39, 0.29) is 18.4 Å². The molecule has 3 aromatic rings. The molecule has 0 aliphatic rings. The van der Waals surface area contributed by atoms with Crippen molar-refractivity contribution in [3.63, 3.8) is 0 Å². The maximum Gasteiger partial charge on any atom is 0.331 e. The van der Waals surface area contributed by atoms with Gasteiger partial charge in [-0.2, -0.15) is 0 Å². The van der Waals surface area contributed by atoms with E-state index in [1.165, 1.54) is 6.08 Å². The number of ether oxygens (including phenoxy) is 1. The minimum absolute atomic E-state index is 0.274. The Kier molecular flexibility index (Phi) is 6.17. The second-order valence-corrected chi connectivity index (χ2v) is 6.65. The highest BCUT2D eigenvalue weighted by Crippen LogP contribution is 2.23. The smallest absolute Gasteiger partial charge is 0.331 e. The number of anilines is 1. The van der Waals surface area contributed by atoms with Gasteiger partial charge in [-0.25, -0.2) is 4.79 Å². The molecule has 0 saturated heterocycles. The first-order chi connectivity index (χ1) is 13.5. The molecule has 0 spiro atoms. The number of pyridine rings is 1. The highest BCUT2D eigenvalue weighted by molar-refractivity contribution is 5.96. The summed E-state index contributed by atoms with van der Waals surface area (Å²) in [5, 5.41) is 3.78. The van der Waals surface area contributed by atoms with Gasteiger partial charge in [-0.1, -0.05) is 56.3 Å². The normalized spacial score (nSPS) is 11.1. The molecular formula is C23H22N2O3. The number of nitrogens with zero attached hydrogens (tertiary/aromatic N) is 1. The van der Waals surface area contributed by atoms with Crippen molar-refractivity contribution in [1.82, 2.24) is 4.98 Å². The lowest BCUT2D eigenvalue weighted by molar-refractivity contribution is -0.142. The number of rotatable bonds is 6. The Morgan fingerprint density at radius 2 is 1.86 bits per heavy atom. The standard InChI is InChI=1S/C23H22N2O3/c1-16(2)19-10-3-4-11-20(19)25-21(26)15-28-22(27)13-12-18-8-5-7-17-9-6-14-24-23(17)18/h3-14,16H,15H2,1-2H3,(H,25,26)/b13-12+. The van der Waals surface area contributed by atoms with Gasteiger partial charge in [0.1, 0.15) is 0 Å². The van der Waals surface area contributed by atoms with Crippen molar-refractivity contribution in [3.05, 3.63) is 78.0 Å². The fraction of sp³-hybridized carbons (Fsp3) is 0.174. The molecule has 0 fully saturated rings. The second-order valence-electron chi connectivity index (χ2n) is 6.65. The number of hydrogen-bond acceptors (Lipinski definition) is 4. The maximum atomic E-state index is 12.1. The van der Waals surface area contributed by atoms with E-state index < -0.39 is 5.97 Å². The van der Waals surface area contributed by atoms with Crippen molar-refractivity contribution in [2.45, 2.75) is 19.8 Å². The van der Waals surface area contributed by atoms with Gasteiger partial charge in [0, 0.05) is 28.9 Å². The van der Waals surface area contributed by atoms with Crippen LogP contribution >= 0.6 is 0 Å². The number of benzene rings is 2. The minimum atomic E-state index is -0.583. The largest absolute Gasteiger partial charge is 0.452 e. The van der Waals surface area contributed by atoms with Gasteiger partial charge < -0.3 is 10.1 Å². The number of hydrogen-bond donors (Lipinski definition) is 1. The van der Waals surface area contributed by atoms with Crippen LogP contribution in [-0.4, -0.2) is 23.5 Å². The zero-order valence-electron chi connectivity index (χ0n) is 15.9. The Bertz CT molecular complexity index is 1020. The van der Waals surface area contributed by atoms with Crippen LogP contribution in [0.2, 0.25) is 0 Å². The summed E-state index contributed by atoms with van der Waals surface area (Å²) in [5.74, 6) is -0.682. The minimum Gasteiger partial charge on any atom is -0.452 e. The molecule has 0 aliphatic heterocycles. The third-order valence-corrected chi connectivity index (χ3v) is 4.27. The SMILES string of the molecule is CC(C)c1ccccc1NC(=O)COC(=O)/C=C/c1cccc2cccnc12. The Hall–Kier alpha value is -3.47. The third-order valence-electron chi connectivity index (χ3n) is 4.27. The fourth-order valence-corrected chi connectivity index (χ4v) is 2.91. The lowest BCUT2D eigenvalue weighted by Crippen LogP contribution is -2.21. The molecule has 1 amide bonds. The summed E-state index contributed by atoms with van der Waals surface area (Å²) in [4.78, 5) is 28.4. The van der Waals surface area contributed by atoms with Gasteiger partial charge >= 0.3 is 5.97 Å². The van der Waals surface area contributed by atoms with E-state index in [9.17, 15) is 9.59 Å². The van der Waals surface area contributed by atoms with Crippen LogP contribution in [0.25, 0.3) is 17.0 Å². The average Bonchev–Trinajstić information content (AvgIpc) is 2.71. The second kappa shape index (κ2) is 8.95. The number of carbonyl (C=O) groups is 2. The lowest BCUT2D eigenvalue weighted by atomic mass is 10.0. The summed E-state index contributed by atoms with van der Waals surface area (Å²) in [6, 6.07) is 17.1. The van der Waals surface area contributed by atoms with Crippen LogP contribution in [-0.2, 0) is 14.3 Å². The molecule has 5 nitrogen and oxygen atoms in total. The average molecular weight is 374 g/mol. The summed E-state index contributed by atoms with van der Waals surface area (Å²) in [6.45, 7) is 3.76. The number of carbonyl (C=O) groups excluding carboxylic acids is 2. The molecule has 0 bridgehead atoms. The van der Waals surface area contributed by atoms with Gasteiger partial charge in [0.15, 0.2) is 6.61 Å². The molecule has 1 N–H and O–H groups in total.